The van der Waals surface area contributed by atoms with Crippen LogP contribution in [0.5, 0.6) is 11.5 Å². The first-order chi connectivity index (χ1) is 10.1. The van der Waals surface area contributed by atoms with Crippen molar-refractivity contribution >= 4 is 10.0 Å². The van der Waals surface area contributed by atoms with Crippen LogP contribution in [0.4, 0.5) is 0 Å². The van der Waals surface area contributed by atoms with Crippen molar-refractivity contribution in [3.05, 3.63) is 54.1 Å². The molecule has 2 aromatic carbocycles. The van der Waals surface area contributed by atoms with Gasteiger partial charge in [-0.25, -0.2) is 13.1 Å². The Morgan fingerprint density at radius 2 is 1.67 bits per heavy atom. The first kappa shape index (κ1) is 15.3. The summed E-state index contributed by atoms with van der Waals surface area (Å²) in [6, 6.07) is 13.6. The molecule has 0 heterocycles. The van der Waals surface area contributed by atoms with Crippen LogP contribution in [0.3, 0.4) is 0 Å². The van der Waals surface area contributed by atoms with Crippen LogP contribution in [0.1, 0.15) is 5.56 Å². The Balaban J connectivity index is 2.21. The van der Waals surface area contributed by atoms with Crippen LogP contribution in [0.15, 0.2) is 53.4 Å². The lowest BCUT2D eigenvalue weighted by Crippen LogP contribution is -2.23. The molecule has 0 saturated heterocycles. The van der Waals surface area contributed by atoms with Crippen LogP contribution in [0.25, 0.3) is 0 Å². The minimum atomic E-state index is -3.55. The maximum absolute atomic E-state index is 12.2. The number of sulfonamides is 1. The Morgan fingerprint density at radius 1 is 0.952 bits per heavy atom. The van der Waals surface area contributed by atoms with Gasteiger partial charge in [-0.1, -0.05) is 30.3 Å². The molecule has 0 aliphatic heterocycles. The van der Waals surface area contributed by atoms with Gasteiger partial charge in [0.1, 0.15) is 0 Å². The zero-order chi connectivity index (χ0) is 15.3. The zero-order valence-corrected chi connectivity index (χ0v) is 12.7. The number of ether oxygens (including phenoxy) is 2. The van der Waals surface area contributed by atoms with Crippen molar-refractivity contribution in [2.45, 2.75) is 11.4 Å². The van der Waals surface area contributed by atoms with Gasteiger partial charge in [-0.15, -0.1) is 0 Å². The number of para-hydroxylation sites is 1. The Hall–Kier alpha value is -2.05. The fourth-order valence-electron chi connectivity index (χ4n) is 1.95. The van der Waals surface area contributed by atoms with Crippen molar-refractivity contribution in [3.63, 3.8) is 0 Å². The summed E-state index contributed by atoms with van der Waals surface area (Å²) in [5.74, 6) is 1.09. The van der Waals surface area contributed by atoms with Gasteiger partial charge >= 0.3 is 0 Å². The van der Waals surface area contributed by atoms with Crippen molar-refractivity contribution in [2.24, 2.45) is 0 Å². The lowest BCUT2D eigenvalue weighted by Gasteiger charge is -2.13. The molecule has 21 heavy (non-hydrogen) atoms. The molecule has 0 amide bonds. The van der Waals surface area contributed by atoms with Crippen LogP contribution in [-0.4, -0.2) is 22.6 Å². The average molecular weight is 307 g/mol. The molecule has 0 atom stereocenters. The van der Waals surface area contributed by atoms with Crippen molar-refractivity contribution in [1.82, 2.24) is 4.72 Å². The third-order valence-corrected chi connectivity index (χ3v) is 4.41. The fraction of sp³-hybridized carbons (Fsp3) is 0.200. The average Bonchev–Trinajstić information content (AvgIpc) is 2.53. The summed E-state index contributed by atoms with van der Waals surface area (Å²) in [5, 5.41) is 0. The third-order valence-electron chi connectivity index (χ3n) is 2.99. The SMILES string of the molecule is COc1cccc(CNS(=O)(=O)c2ccccc2)c1OC. The summed E-state index contributed by atoms with van der Waals surface area (Å²) in [6.07, 6.45) is 0. The number of rotatable bonds is 6. The van der Waals surface area contributed by atoms with Crippen molar-refractivity contribution < 1.29 is 17.9 Å². The first-order valence-corrected chi connectivity index (χ1v) is 7.81. The van der Waals surface area contributed by atoms with E-state index in [1.165, 1.54) is 14.2 Å². The summed E-state index contributed by atoms with van der Waals surface area (Å²) < 4.78 is 37.4. The van der Waals surface area contributed by atoms with E-state index in [2.05, 4.69) is 4.72 Å². The molecule has 0 unspecified atom stereocenters. The Kier molecular flexibility index (Phi) is 4.82. The molecule has 0 aliphatic carbocycles. The quantitative estimate of drug-likeness (QED) is 0.888. The maximum Gasteiger partial charge on any atom is 0.240 e. The third kappa shape index (κ3) is 3.53. The molecule has 5 nitrogen and oxygen atoms in total. The molecule has 112 valence electrons. The predicted molar refractivity (Wildman–Crippen MR) is 80.0 cm³/mol. The molecule has 0 radical (unpaired) electrons. The molecule has 0 spiro atoms. The van der Waals surface area contributed by atoms with E-state index in [0.717, 1.165) is 0 Å². The fourth-order valence-corrected chi connectivity index (χ4v) is 2.98. The van der Waals surface area contributed by atoms with Gasteiger partial charge in [-0.2, -0.15) is 0 Å². The second-order valence-corrected chi connectivity index (χ2v) is 6.06. The largest absolute Gasteiger partial charge is 0.493 e. The highest BCUT2D eigenvalue weighted by Gasteiger charge is 2.15. The summed E-state index contributed by atoms with van der Waals surface area (Å²) in [4.78, 5) is 0.229. The number of hydrogen-bond donors (Lipinski definition) is 1. The van der Waals surface area contributed by atoms with Crippen LogP contribution in [0, 0.1) is 0 Å². The molecule has 2 aromatic rings. The highest BCUT2D eigenvalue weighted by molar-refractivity contribution is 7.89. The maximum atomic E-state index is 12.2. The van der Waals surface area contributed by atoms with Crippen LogP contribution in [-0.2, 0) is 16.6 Å². The van der Waals surface area contributed by atoms with Gasteiger partial charge < -0.3 is 9.47 Å². The topological polar surface area (TPSA) is 64.6 Å². The second kappa shape index (κ2) is 6.60. The molecule has 0 aromatic heterocycles. The molecule has 6 heteroatoms. The van der Waals surface area contributed by atoms with Gasteiger partial charge in [0.2, 0.25) is 10.0 Å². The summed E-state index contributed by atoms with van der Waals surface area (Å²) in [7, 11) is -0.491. The number of hydrogen-bond acceptors (Lipinski definition) is 4. The smallest absolute Gasteiger partial charge is 0.240 e. The molecule has 0 saturated carbocycles. The van der Waals surface area contributed by atoms with E-state index in [1.807, 2.05) is 0 Å². The Labute approximate surface area is 124 Å². The Morgan fingerprint density at radius 3 is 2.29 bits per heavy atom. The lowest BCUT2D eigenvalue weighted by molar-refractivity contribution is 0.351. The second-order valence-electron chi connectivity index (χ2n) is 4.29. The number of methoxy groups -OCH3 is 2. The lowest BCUT2D eigenvalue weighted by atomic mass is 10.2. The van der Waals surface area contributed by atoms with Crippen LogP contribution < -0.4 is 14.2 Å². The van der Waals surface area contributed by atoms with E-state index in [-0.39, 0.29) is 11.4 Å². The standard InChI is InChI=1S/C15H17NO4S/c1-19-14-10-6-7-12(15(14)20-2)11-16-21(17,18)13-8-4-3-5-9-13/h3-10,16H,11H2,1-2H3. The molecule has 0 bridgehead atoms. The van der Waals surface area contributed by atoms with Crippen molar-refractivity contribution in [3.8, 4) is 11.5 Å². The van der Waals surface area contributed by atoms with Crippen molar-refractivity contribution in [2.75, 3.05) is 14.2 Å². The first-order valence-electron chi connectivity index (χ1n) is 6.33. The van der Waals surface area contributed by atoms with E-state index in [4.69, 9.17) is 9.47 Å². The minimum Gasteiger partial charge on any atom is -0.493 e. The van der Waals surface area contributed by atoms with Gasteiger partial charge in [0, 0.05) is 12.1 Å². The highest BCUT2D eigenvalue weighted by atomic mass is 32.2. The number of benzene rings is 2. The van der Waals surface area contributed by atoms with Crippen LogP contribution in [0.2, 0.25) is 0 Å². The molecular weight excluding hydrogens is 290 g/mol. The Bertz CT molecular complexity index is 699. The normalized spacial score (nSPS) is 11.1. The molecule has 1 N–H and O–H groups in total. The minimum absolute atomic E-state index is 0.123. The summed E-state index contributed by atoms with van der Waals surface area (Å²) >= 11 is 0. The van der Waals surface area contributed by atoms with E-state index in [9.17, 15) is 8.42 Å². The van der Waals surface area contributed by atoms with Crippen molar-refractivity contribution in [1.29, 1.82) is 0 Å². The van der Waals surface area contributed by atoms with Gasteiger partial charge in [0.25, 0.3) is 0 Å². The molecule has 0 aliphatic rings. The highest BCUT2D eigenvalue weighted by Crippen LogP contribution is 2.30. The van der Waals surface area contributed by atoms with E-state index in [0.29, 0.717) is 17.1 Å². The zero-order valence-electron chi connectivity index (χ0n) is 11.9. The van der Waals surface area contributed by atoms with Gasteiger partial charge in [0.15, 0.2) is 11.5 Å². The molecule has 2 rings (SSSR count). The predicted octanol–water partition coefficient (Wildman–Crippen LogP) is 2.18. The van der Waals surface area contributed by atoms with Gasteiger partial charge in [0.05, 0.1) is 19.1 Å². The number of nitrogens with one attached hydrogen (secondary N) is 1. The molecule has 0 fully saturated rings. The van der Waals surface area contributed by atoms with E-state index < -0.39 is 10.0 Å². The van der Waals surface area contributed by atoms with E-state index >= 15 is 0 Å². The summed E-state index contributed by atoms with van der Waals surface area (Å²) in [6.45, 7) is 0.123. The van der Waals surface area contributed by atoms with Crippen LogP contribution >= 0.6 is 0 Å². The van der Waals surface area contributed by atoms with Gasteiger partial charge in [-0.05, 0) is 18.2 Å². The van der Waals surface area contributed by atoms with Gasteiger partial charge in [-0.3, -0.25) is 0 Å². The molecular formula is C15H17NO4S. The summed E-state index contributed by atoms with van der Waals surface area (Å²) in [5.41, 5.74) is 0.705. The van der Waals surface area contributed by atoms with E-state index in [1.54, 1.807) is 48.5 Å². The monoisotopic (exact) mass is 307 g/mol.